The number of anilines is 1. The van der Waals surface area contributed by atoms with Gasteiger partial charge in [-0.25, -0.2) is 9.78 Å². The molecule has 0 bridgehead atoms. The first-order valence-electron chi connectivity index (χ1n) is 4.25. The van der Waals surface area contributed by atoms with Crippen LogP contribution in [0.15, 0.2) is 36.0 Å². The molecule has 0 saturated heterocycles. The number of fused-ring (bicyclic) bond motifs is 1. The Morgan fingerprint density at radius 2 is 2.40 bits per heavy atom. The minimum Gasteiger partial charge on any atom is -0.478 e. The third-order valence-corrected chi connectivity index (χ3v) is 2.60. The van der Waals surface area contributed by atoms with Crippen LogP contribution in [0.2, 0.25) is 0 Å². The fraction of sp³-hybridized carbons (Fsp3) is 0. The Morgan fingerprint density at radius 3 is 3.20 bits per heavy atom. The quantitative estimate of drug-likeness (QED) is 0.779. The number of nitrogens with zero attached hydrogens (tertiary/aromatic N) is 1. The van der Waals surface area contributed by atoms with E-state index in [1.165, 1.54) is 6.20 Å². The lowest BCUT2D eigenvalue weighted by Gasteiger charge is -1.98. The van der Waals surface area contributed by atoms with Crippen LogP contribution in [0.4, 0.5) is 5.69 Å². The molecule has 0 spiro atoms. The first-order chi connectivity index (χ1) is 7.25. The molecule has 0 atom stereocenters. The summed E-state index contributed by atoms with van der Waals surface area (Å²) in [5.41, 5.74) is 3.58. The van der Waals surface area contributed by atoms with E-state index in [9.17, 15) is 4.79 Å². The molecule has 0 unspecified atom stereocenters. The van der Waals surface area contributed by atoms with E-state index in [0.717, 1.165) is 22.0 Å². The highest BCUT2D eigenvalue weighted by Gasteiger charge is 1.96. The number of hydrogen-bond acceptors (Lipinski definition) is 4. The summed E-state index contributed by atoms with van der Waals surface area (Å²) >= 11 is 1.55. The van der Waals surface area contributed by atoms with Crippen molar-refractivity contribution < 1.29 is 9.90 Å². The third kappa shape index (κ3) is 2.32. The van der Waals surface area contributed by atoms with Gasteiger partial charge in [0.1, 0.15) is 0 Å². The van der Waals surface area contributed by atoms with E-state index in [0.29, 0.717) is 0 Å². The topological polar surface area (TPSA) is 62.2 Å². The van der Waals surface area contributed by atoms with Crippen LogP contribution in [-0.2, 0) is 4.79 Å². The fourth-order valence-corrected chi connectivity index (χ4v) is 1.87. The van der Waals surface area contributed by atoms with Crippen molar-refractivity contribution in [2.75, 3.05) is 5.32 Å². The highest BCUT2D eigenvalue weighted by Crippen LogP contribution is 2.21. The summed E-state index contributed by atoms with van der Waals surface area (Å²) in [4.78, 5) is 14.4. The van der Waals surface area contributed by atoms with Gasteiger partial charge in [-0.2, -0.15) is 0 Å². The largest absolute Gasteiger partial charge is 0.478 e. The van der Waals surface area contributed by atoms with Crippen LogP contribution in [-0.4, -0.2) is 16.1 Å². The molecule has 5 heteroatoms. The summed E-state index contributed by atoms with van der Waals surface area (Å²) in [6, 6.07) is 5.68. The molecule has 2 aromatic rings. The van der Waals surface area contributed by atoms with Crippen molar-refractivity contribution in [3.8, 4) is 0 Å². The Hall–Kier alpha value is -1.88. The Balaban J connectivity index is 2.18. The Bertz CT molecular complexity index is 519. The number of aliphatic carboxylic acids is 1. The normalized spacial score (nSPS) is 10.9. The van der Waals surface area contributed by atoms with Gasteiger partial charge in [-0.15, -0.1) is 11.3 Å². The van der Waals surface area contributed by atoms with Crippen molar-refractivity contribution in [3.05, 3.63) is 36.0 Å². The number of hydrogen-bond donors (Lipinski definition) is 2. The summed E-state index contributed by atoms with van der Waals surface area (Å²) in [6.07, 6.45) is 2.45. The maximum atomic E-state index is 10.2. The average molecular weight is 220 g/mol. The zero-order valence-electron chi connectivity index (χ0n) is 7.68. The number of carboxylic acid groups (broad SMARTS) is 1. The second-order valence-corrected chi connectivity index (χ2v) is 3.74. The van der Waals surface area contributed by atoms with Gasteiger partial charge in [-0.05, 0) is 18.2 Å². The standard InChI is InChI=1S/C10H8N2O2S/c13-10(14)3-4-11-7-1-2-8-9(5-7)15-6-12-8/h1-6,11H,(H,13,14)/b4-3+. The van der Waals surface area contributed by atoms with Crippen LogP contribution >= 0.6 is 11.3 Å². The second-order valence-electron chi connectivity index (χ2n) is 2.85. The smallest absolute Gasteiger partial charge is 0.329 e. The summed E-state index contributed by atoms with van der Waals surface area (Å²) < 4.78 is 1.07. The van der Waals surface area contributed by atoms with E-state index in [-0.39, 0.29) is 0 Å². The minimum absolute atomic E-state index is 0.851. The van der Waals surface area contributed by atoms with Crippen LogP contribution in [0.1, 0.15) is 0 Å². The molecule has 0 aliphatic carbocycles. The highest BCUT2D eigenvalue weighted by molar-refractivity contribution is 7.16. The van der Waals surface area contributed by atoms with Crippen molar-refractivity contribution in [1.82, 2.24) is 4.98 Å². The molecule has 1 heterocycles. The molecular formula is C10H8N2O2S. The Kier molecular flexibility index (Phi) is 2.64. The van der Waals surface area contributed by atoms with Gasteiger partial charge >= 0.3 is 5.97 Å². The SMILES string of the molecule is O=C(O)/C=C/Nc1ccc2ncsc2c1. The number of carbonyl (C=O) groups is 1. The molecule has 76 valence electrons. The van der Waals surface area contributed by atoms with Crippen molar-refractivity contribution in [3.63, 3.8) is 0 Å². The van der Waals surface area contributed by atoms with Gasteiger partial charge in [-0.1, -0.05) is 0 Å². The molecule has 1 aromatic heterocycles. The lowest BCUT2D eigenvalue weighted by Crippen LogP contribution is -1.91. The summed E-state index contributed by atoms with van der Waals surface area (Å²) in [6.45, 7) is 0. The molecule has 1 aromatic carbocycles. The van der Waals surface area contributed by atoms with Gasteiger partial charge in [0.15, 0.2) is 0 Å². The lowest BCUT2D eigenvalue weighted by atomic mass is 10.3. The van der Waals surface area contributed by atoms with Crippen LogP contribution in [0.25, 0.3) is 10.2 Å². The highest BCUT2D eigenvalue weighted by atomic mass is 32.1. The molecule has 4 nitrogen and oxygen atoms in total. The maximum absolute atomic E-state index is 10.2. The average Bonchev–Trinajstić information content (AvgIpc) is 2.64. The Morgan fingerprint density at radius 1 is 1.53 bits per heavy atom. The van der Waals surface area contributed by atoms with Crippen LogP contribution in [0.5, 0.6) is 0 Å². The molecule has 15 heavy (non-hydrogen) atoms. The van der Waals surface area contributed by atoms with Gasteiger partial charge in [0.2, 0.25) is 0 Å². The number of thiazole rings is 1. The van der Waals surface area contributed by atoms with Gasteiger partial charge < -0.3 is 10.4 Å². The number of carboxylic acids is 1. The van der Waals surface area contributed by atoms with E-state index < -0.39 is 5.97 Å². The molecular weight excluding hydrogens is 212 g/mol. The van der Waals surface area contributed by atoms with Gasteiger partial charge in [-0.3, -0.25) is 0 Å². The predicted octanol–water partition coefficient (Wildman–Crippen LogP) is 2.31. The number of aromatic nitrogens is 1. The lowest BCUT2D eigenvalue weighted by molar-refractivity contribution is -0.131. The van der Waals surface area contributed by atoms with Crippen LogP contribution in [0, 0.1) is 0 Å². The van der Waals surface area contributed by atoms with E-state index >= 15 is 0 Å². The van der Waals surface area contributed by atoms with Crippen molar-refractivity contribution in [2.45, 2.75) is 0 Å². The Labute approximate surface area is 89.9 Å². The summed E-state index contributed by atoms with van der Waals surface area (Å²) in [7, 11) is 0. The summed E-state index contributed by atoms with van der Waals surface area (Å²) in [5.74, 6) is -0.971. The number of rotatable bonds is 3. The third-order valence-electron chi connectivity index (χ3n) is 1.81. The van der Waals surface area contributed by atoms with Crippen molar-refractivity contribution in [1.29, 1.82) is 0 Å². The summed E-state index contributed by atoms with van der Waals surface area (Å²) in [5, 5.41) is 11.3. The molecule has 0 fully saturated rings. The number of nitrogens with one attached hydrogen (secondary N) is 1. The van der Waals surface area contributed by atoms with E-state index in [2.05, 4.69) is 10.3 Å². The maximum Gasteiger partial charge on any atom is 0.329 e. The first kappa shape index (κ1) is 9.67. The molecule has 0 amide bonds. The van der Waals surface area contributed by atoms with Gasteiger partial charge in [0.25, 0.3) is 0 Å². The monoisotopic (exact) mass is 220 g/mol. The first-order valence-corrected chi connectivity index (χ1v) is 5.13. The molecule has 0 radical (unpaired) electrons. The van der Waals surface area contributed by atoms with E-state index in [1.807, 2.05) is 18.2 Å². The van der Waals surface area contributed by atoms with Gasteiger partial charge in [0, 0.05) is 18.0 Å². The second kappa shape index (κ2) is 4.10. The predicted molar refractivity (Wildman–Crippen MR) is 60.0 cm³/mol. The molecule has 2 rings (SSSR count). The number of benzene rings is 1. The molecule has 2 N–H and O–H groups in total. The van der Waals surface area contributed by atoms with Crippen molar-refractivity contribution >= 4 is 33.2 Å². The van der Waals surface area contributed by atoms with Crippen LogP contribution < -0.4 is 5.32 Å². The molecule has 0 aliphatic heterocycles. The molecule has 0 saturated carbocycles. The minimum atomic E-state index is -0.971. The van der Waals surface area contributed by atoms with E-state index in [1.54, 1.807) is 16.8 Å². The van der Waals surface area contributed by atoms with Crippen LogP contribution in [0.3, 0.4) is 0 Å². The van der Waals surface area contributed by atoms with Gasteiger partial charge in [0.05, 0.1) is 15.7 Å². The van der Waals surface area contributed by atoms with Crippen molar-refractivity contribution in [2.24, 2.45) is 0 Å². The fourth-order valence-electron chi connectivity index (χ4n) is 1.15. The zero-order chi connectivity index (χ0) is 10.7. The van der Waals surface area contributed by atoms with E-state index in [4.69, 9.17) is 5.11 Å². The zero-order valence-corrected chi connectivity index (χ0v) is 8.49. The molecule has 0 aliphatic rings.